The Bertz CT molecular complexity index is 745. The number of halogens is 3. The normalized spacial score (nSPS) is 11.2. The number of amides is 1. The Morgan fingerprint density at radius 1 is 1.20 bits per heavy atom. The summed E-state index contributed by atoms with van der Waals surface area (Å²) in [6, 6.07) is 9.46. The standard InChI is InChI=1S/C18H19F3N2O2/c1-2-8-25-16-7-6-13(10-15(16)22)17(24)23-11-12-4-3-5-14(9-12)18(19,20)21/h3-7,9-10H,2,8,11,22H2,1H3,(H,23,24). The van der Waals surface area contributed by atoms with Crippen molar-refractivity contribution in [1.82, 2.24) is 5.32 Å². The van der Waals surface area contributed by atoms with Gasteiger partial charge < -0.3 is 15.8 Å². The predicted molar refractivity (Wildman–Crippen MR) is 89.3 cm³/mol. The number of carbonyl (C=O) groups is 1. The van der Waals surface area contributed by atoms with Crippen molar-refractivity contribution in [3.05, 3.63) is 59.2 Å². The zero-order chi connectivity index (χ0) is 18.4. The second kappa shape index (κ2) is 7.92. The van der Waals surface area contributed by atoms with Crippen LogP contribution in [0.5, 0.6) is 5.75 Å². The van der Waals surface area contributed by atoms with Crippen LogP contribution < -0.4 is 15.8 Å². The number of ether oxygens (including phenoxy) is 1. The molecular weight excluding hydrogens is 333 g/mol. The molecule has 2 aromatic carbocycles. The molecule has 0 saturated heterocycles. The number of benzene rings is 2. The molecule has 0 aliphatic heterocycles. The highest BCUT2D eigenvalue weighted by Gasteiger charge is 2.30. The number of nitrogens with two attached hydrogens (primary N) is 1. The lowest BCUT2D eigenvalue weighted by atomic mass is 10.1. The molecule has 0 heterocycles. The number of hydrogen-bond acceptors (Lipinski definition) is 3. The molecule has 3 N–H and O–H groups in total. The number of carbonyl (C=O) groups excluding carboxylic acids is 1. The zero-order valence-electron chi connectivity index (χ0n) is 13.7. The SMILES string of the molecule is CCCOc1ccc(C(=O)NCc2cccc(C(F)(F)F)c2)cc1N. The van der Waals surface area contributed by atoms with E-state index in [1.54, 1.807) is 12.1 Å². The van der Waals surface area contributed by atoms with E-state index in [4.69, 9.17) is 10.5 Å². The lowest BCUT2D eigenvalue weighted by Crippen LogP contribution is -2.23. The van der Waals surface area contributed by atoms with E-state index in [1.165, 1.54) is 18.2 Å². The van der Waals surface area contributed by atoms with Gasteiger partial charge in [0.2, 0.25) is 0 Å². The van der Waals surface area contributed by atoms with Gasteiger partial charge in [0.1, 0.15) is 5.75 Å². The van der Waals surface area contributed by atoms with E-state index in [0.717, 1.165) is 18.6 Å². The summed E-state index contributed by atoms with van der Waals surface area (Å²) in [6.45, 7) is 2.47. The molecule has 0 aliphatic carbocycles. The number of nitrogens with one attached hydrogen (secondary N) is 1. The maximum absolute atomic E-state index is 12.7. The fraction of sp³-hybridized carbons (Fsp3) is 0.278. The fourth-order valence-corrected chi connectivity index (χ4v) is 2.18. The molecule has 0 saturated carbocycles. The van der Waals surface area contributed by atoms with Crippen LogP contribution in [0.25, 0.3) is 0 Å². The maximum atomic E-state index is 12.7. The largest absolute Gasteiger partial charge is 0.491 e. The van der Waals surface area contributed by atoms with Crippen LogP contribution in [0, 0.1) is 0 Å². The lowest BCUT2D eigenvalue weighted by Gasteiger charge is -2.11. The topological polar surface area (TPSA) is 64.3 Å². The lowest BCUT2D eigenvalue weighted by molar-refractivity contribution is -0.137. The van der Waals surface area contributed by atoms with Gasteiger partial charge in [0, 0.05) is 12.1 Å². The van der Waals surface area contributed by atoms with Crippen molar-refractivity contribution in [2.75, 3.05) is 12.3 Å². The second-order valence-electron chi connectivity index (χ2n) is 5.48. The molecule has 0 aliphatic rings. The van der Waals surface area contributed by atoms with Crippen molar-refractivity contribution >= 4 is 11.6 Å². The van der Waals surface area contributed by atoms with Gasteiger partial charge >= 0.3 is 6.18 Å². The molecule has 0 fully saturated rings. The fourth-order valence-electron chi connectivity index (χ4n) is 2.18. The molecule has 134 valence electrons. The quantitative estimate of drug-likeness (QED) is 0.772. The van der Waals surface area contributed by atoms with E-state index in [0.29, 0.717) is 29.2 Å². The van der Waals surface area contributed by atoms with Gasteiger partial charge in [0.25, 0.3) is 5.91 Å². The summed E-state index contributed by atoms with van der Waals surface area (Å²) in [5.74, 6) is 0.0717. The van der Waals surface area contributed by atoms with Gasteiger partial charge in [-0.15, -0.1) is 0 Å². The van der Waals surface area contributed by atoms with Crippen molar-refractivity contribution < 1.29 is 22.7 Å². The number of rotatable bonds is 6. The van der Waals surface area contributed by atoms with Gasteiger partial charge in [-0.3, -0.25) is 4.79 Å². The van der Waals surface area contributed by atoms with Gasteiger partial charge in [-0.05, 0) is 42.3 Å². The molecule has 1 amide bonds. The number of alkyl halides is 3. The van der Waals surface area contributed by atoms with Crippen LogP contribution in [0.1, 0.15) is 34.8 Å². The minimum atomic E-state index is -4.41. The van der Waals surface area contributed by atoms with Crippen molar-refractivity contribution in [3.8, 4) is 5.75 Å². The van der Waals surface area contributed by atoms with E-state index in [2.05, 4.69) is 5.32 Å². The molecule has 4 nitrogen and oxygen atoms in total. The Balaban J connectivity index is 2.02. The highest BCUT2D eigenvalue weighted by Crippen LogP contribution is 2.29. The van der Waals surface area contributed by atoms with E-state index in [9.17, 15) is 18.0 Å². The first-order valence-electron chi connectivity index (χ1n) is 7.78. The van der Waals surface area contributed by atoms with Crippen molar-refractivity contribution in [1.29, 1.82) is 0 Å². The molecule has 7 heteroatoms. The van der Waals surface area contributed by atoms with E-state index in [-0.39, 0.29) is 6.54 Å². The van der Waals surface area contributed by atoms with Crippen molar-refractivity contribution in [2.45, 2.75) is 26.1 Å². The summed E-state index contributed by atoms with van der Waals surface area (Å²) in [4.78, 5) is 12.1. The smallest absolute Gasteiger partial charge is 0.416 e. The first-order chi connectivity index (χ1) is 11.8. The number of anilines is 1. The molecule has 2 aromatic rings. The van der Waals surface area contributed by atoms with Gasteiger partial charge in [-0.25, -0.2) is 0 Å². The van der Waals surface area contributed by atoms with Gasteiger partial charge in [-0.2, -0.15) is 13.2 Å². The maximum Gasteiger partial charge on any atom is 0.416 e. The first-order valence-corrected chi connectivity index (χ1v) is 7.78. The molecular formula is C18H19F3N2O2. The van der Waals surface area contributed by atoms with Gasteiger partial charge in [-0.1, -0.05) is 19.1 Å². The summed E-state index contributed by atoms with van der Waals surface area (Å²) in [7, 11) is 0. The highest BCUT2D eigenvalue weighted by molar-refractivity contribution is 5.95. The van der Waals surface area contributed by atoms with Crippen LogP contribution in [0.15, 0.2) is 42.5 Å². The third-order valence-electron chi connectivity index (χ3n) is 3.44. The van der Waals surface area contributed by atoms with Crippen molar-refractivity contribution in [3.63, 3.8) is 0 Å². The van der Waals surface area contributed by atoms with Gasteiger partial charge in [0.15, 0.2) is 0 Å². The van der Waals surface area contributed by atoms with E-state index < -0.39 is 17.6 Å². The third kappa shape index (κ3) is 5.14. The first kappa shape index (κ1) is 18.6. The summed E-state index contributed by atoms with van der Waals surface area (Å²) in [5, 5.41) is 2.58. The van der Waals surface area contributed by atoms with Crippen LogP contribution in [0.4, 0.5) is 18.9 Å². The van der Waals surface area contributed by atoms with E-state index in [1.807, 2.05) is 6.92 Å². The zero-order valence-corrected chi connectivity index (χ0v) is 13.7. The van der Waals surface area contributed by atoms with Gasteiger partial charge in [0.05, 0.1) is 17.9 Å². The number of nitrogen functional groups attached to an aromatic ring is 1. The second-order valence-corrected chi connectivity index (χ2v) is 5.48. The molecule has 0 atom stereocenters. The average Bonchev–Trinajstić information content (AvgIpc) is 2.58. The molecule has 0 spiro atoms. The molecule has 0 unspecified atom stereocenters. The monoisotopic (exact) mass is 352 g/mol. The Hall–Kier alpha value is -2.70. The minimum Gasteiger partial charge on any atom is -0.491 e. The summed E-state index contributed by atoms with van der Waals surface area (Å²) >= 11 is 0. The van der Waals surface area contributed by atoms with Crippen molar-refractivity contribution in [2.24, 2.45) is 0 Å². The molecule has 0 radical (unpaired) electrons. The van der Waals surface area contributed by atoms with Crippen LogP contribution >= 0.6 is 0 Å². The van der Waals surface area contributed by atoms with Crippen LogP contribution in [0.3, 0.4) is 0 Å². The molecule has 25 heavy (non-hydrogen) atoms. The molecule has 2 rings (SSSR count). The Labute approximate surface area is 143 Å². The third-order valence-corrected chi connectivity index (χ3v) is 3.44. The predicted octanol–water partition coefficient (Wildman–Crippen LogP) is 4.01. The van der Waals surface area contributed by atoms with Crippen LogP contribution in [-0.4, -0.2) is 12.5 Å². The number of hydrogen-bond donors (Lipinski definition) is 2. The Kier molecular flexibility index (Phi) is 5.90. The van der Waals surface area contributed by atoms with E-state index >= 15 is 0 Å². The summed E-state index contributed by atoms with van der Waals surface area (Å²) < 4.78 is 43.5. The average molecular weight is 352 g/mol. The Morgan fingerprint density at radius 2 is 1.96 bits per heavy atom. The van der Waals surface area contributed by atoms with Crippen LogP contribution in [0.2, 0.25) is 0 Å². The highest BCUT2D eigenvalue weighted by atomic mass is 19.4. The summed E-state index contributed by atoms with van der Waals surface area (Å²) in [5.41, 5.74) is 6.10. The van der Waals surface area contributed by atoms with Crippen LogP contribution in [-0.2, 0) is 12.7 Å². The Morgan fingerprint density at radius 3 is 2.60 bits per heavy atom. The molecule has 0 bridgehead atoms. The molecule has 0 aromatic heterocycles. The summed E-state index contributed by atoms with van der Waals surface area (Å²) in [6.07, 6.45) is -3.58. The minimum absolute atomic E-state index is 0.0171.